The lowest BCUT2D eigenvalue weighted by Gasteiger charge is -2.16. The van der Waals surface area contributed by atoms with E-state index in [1.165, 1.54) is 35.4 Å². The van der Waals surface area contributed by atoms with Crippen molar-refractivity contribution >= 4 is 29.3 Å². The van der Waals surface area contributed by atoms with Crippen molar-refractivity contribution in [2.75, 3.05) is 17.3 Å². The van der Waals surface area contributed by atoms with E-state index in [-0.39, 0.29) is 11.8 Å². The Bertz CT molecular complexity index is 554. The van der Waals surface area contributed by atoms with E-state index in [1.807, 2.05) is 0 Å². The van der Waals surface area contributed by atoms with Gasteiger partial charge in [-0.3, -0.25) is 10.2 Å². The molecule has 0 bridgehead atoms. The van der Waals surface area contributed by atoms with Crippen LogP contribution in [0.5, 0.6) is 0 Å². The normalized spacial score (nSPS) is 10.2. The van der Waals surface area contributed by atoms with Gasteiger partial charge in [0.1, 0.15) is 11.0 Å². The van der Waals surface area contributed by atoms with Crippen molar-refractivity contribution in [2.45, 2.75) is 0 Å². The van der Waals surface area contributed by atoms with E-state index in [0.29, 0.717) is 10.8 Å². The maximum Gasteiger partial charge on any atom is 0.328 e. The third-order valence-corrected chi connectivity index (χ3v) is 2.48. The highest BCUT2D eigenvalue weighted by molar-refractivity contribution is 6.29. The lowest BCUT2D eigenvalue weighted by atomic mass is 10.3. The largest absolute Gasteiger partial charge is 0.328 e. The van der Waals surface area contributed by atoms with Gasteiger partial charge >= 0.3 is 6.03 Å². The molecule has 0 aliphatic carbocycles. The number of benzene rings is 1. The van der Waals surface area contributed by atoms with Crippen molar-refractivity contribution in [3.63, 3.8) is 0 Å². The summed E-state index contributed by atoms with van der Waals surface area (Å²) in [5, 5.41) is 2.85. The van der Waals surface area contributed by atoms with Crippen LogP contribution in [-0.4, -0.2) is 23.0 Å². The first-order chi connectivity index (χ1) is 8.56. The predicted octanol–water partition coefficient (Wildman–Crippen LogP) is 2.87. The number of rotatable bonds is 2. The summed E-state index contributed by atoms with van der Waals surface area (Å²) in [6.45, 7) is 0. The van der Waals surface area contributed by atoms with Gasteiger partial charge < -0.3 is 4.98 Å². The number of aromatic amines is 1. The van der Waals surface area contributed by atoms with Gasteiger partial charge in [0, 0.05) is 12.7 Å². The first kappa shape index (κ1) is 12.4. The first-order valence-corrected chi connectivity index (χ1v) is 5.45. The maximum atomic E-state index is 12.8. The molecule has 2 rings (SSSR count). The Morgan fingerprint density at radius 3 is 2.67 bits per heavy atom. The molecule has 0 spiro atoms. The fourth-order valence-electron chi connectivity index (χ4n) is 1.33. The minimum Gasteiger partial charge on any atom is -0.315 e. The number of anilines is 2. The standard InChI is InChI=1S/C11H10ClFN4O/c1-17(8-4-2-7(13)3-5-8)11(18)16-10-14-6-9(12)15-10/h2-6H,1H3,(H2,14,15,16,18). The van der Waals surface area contributed by atoms with Crippen molar-refractivity contribution in [1.29, 1.82) is 0 Å². The third kappa shape index (κ3) is 2.78. The molecule has 0 atom stereocenters. The van der Waals surface area contributed by atoms with Crippen molar-refractivity contribution in [3.8, 4) is 0 Å². The van der Waals surface area contributed by atoms with E-state index in [0.717, 1.165) is 0 Å². The summed E-state index contributed by atoms with van der Waals surface area (Å²) in [5.74, 6) is -0.107. The number of urea groups is 1. The number of carbonyl (C=O) groups excluding carboxylic acids is 1. The molecule has 2 N–H and O–H groups in total. The topological polar surface area (TPSA) is 61.0 Å². The van der Waals surface area contributed by atoms with Crippen LogP contribution in [-0.2, 0) is 0 Å². The Kier molecular flexibility index (Phi) is 3.47. The monoisotopic (exact) mass is 268 g/mol. The lowest BCUT2D eigenvalue weighted by Crippen LogP contribution is -2.31. The van der Waals surface area contributed by atoms with Crippen LogP contribution in [0.4, 0.5) is 20.8 Å². The van der Waals surface area contributed by atoms with Crippen LogP contribution in [0.3, 0.4) is 0 Å². The Hall–Kier alpha value is -2.08. The number of imidazole rings is 1. The van der Waals surface area contributed by atoms with Gasteiger partial charge in [-0.25, -0.2) is 14.2 Å². The van der Waals surface area contributed by atoms with Crippen LogP contribution in [0.15, 0.2) is 30.5 Å². The highest BCUT2D eigenvalue weighted by atomic mass is 35.5. The SMILES string of the molecule is CN(C(=O)Nc1ncc(Cl)[nH]1)c1ccc(F)cc1. The molecule has 0 saturated carbocycles. The van der Waals surface area contributed by atoms with Gasteiger partial charge in [-0.2, -0.15) is 0 Å². The van der Waals surface area contributed by atoms with E-state index in [4.69, 9.17) is 11.6 Å². The Balaban J connectivity index is 2.07. The first-order valence-electron chi connectivity index (χ1n) is 5.07. The quantitative estimate of drug-likeness (QED) is 0.880. The summed E-state index contributed by atoms with van der Waals surface area (Å²) >= 11 is 5.63. The van der Waals surface area contributed by atoms with Crippen LogP contribution < -0.4 is 10.2 Å². The molecule has 0 unspecified atom stereocenters. The summed E-state index contributed by atoms with van der Waals surface area (Å²) in [6, 6.07) is 5.16. The Morgan fingerprint density at radius 1 is 1.44 bits per heavy atom. The average Bonchev–Trinajstić information content (AvgIpc) is 2.75. The number of aromatic nitrogens is 2. The number of H-pyrrole nitrogens is 1. The second-order valence-corrected chi connectivity index (χ2v) is 3.95. The average molecular weight is 269 g/mol. The second kappa shape index (κ2) is 5.05. The van der Waals surface area contributed by atoms with Gasteiger partial charge in [0.25, 0.3) is 0 Å². The smallest absolute Gasteiger partial charge is 0.315 e. The second-order valence-electron chi connectivity index (χ2n) is 3.55. The maximum absolute atomic E-state index is 12.8. The highest BCUT2D eigenvalue weighted by Gasteiger charge is 2.12. The van der Waals surface area contributed by atoms with Gasteiger partial charge in [-0.1, -0.05) is 11.6 Å². The fourth-order valence-corrected chi connectivity index (χ4v) is 1.47. The number of nitrogens with zero attached hydrogens (tertiary/aromatic N) is 2. The molecule has 1 heterocycles. The molecule has 2 aromatic rings. The van der Waals surface area contributed by atoms with Gasteiger partial charge in [0.05, 0.1) is 6.20 Å². The summed E-state index contributed by atoms with van der Waals surface area (Å²) in [6.07, 6.45) is 1.38. The van der Waals surface area contributed by atoms with Gasteiger partial charge in [0.2, 0.25) is 5.95 Å². The summed E-state index contributed by atoms with van der Waals surface area (Å²) < 4.78 is 12.8. The molecular weight excluding hydrogens is 259 g/mol. The molecule has 7 heteroatoms. The number of carbonyl (C=O) groups is 1. The lowest BCUT2D eigenvalue weighted by molar-refractivity contribution is 0.258. The summed E-state index contributed by atoms with van der Waals surface area (Å²) in [4.78, 5) is 19.7. The van der Waals surface area contributed by atoms with E-state index in [2.05, 4.69) is 15.3 Å². The minimum absolute atomic E-state index is 0.249. The molecule has 0 aliphatic heterocycles. The van der Waals surface area contributed by atoms with Gasteiger partial charge in [-0.15, -0.1) is 0 Å². The number of halogens is 2. The zero-order valence-corrected chi connectivity index (χ0v) is 10.2. The molecule has 5 nitrogen and oxygen atoms in total. The zero-order chi connectivity index (χ0) is 13.1. The predicted molar refractivity (Wildman–Crippen MR) is 67.4 cm³/mol. The Labute approximate surface area is 108 Å². The van der Waals surface area contributed by atoms with Crippen LogP contribution in [0.1, 0.15) is 0 Å². The van der Waals surface area contributed by atoms with Crippen LogP contribution >= 0.6 is 11.6 Å². The minimum atomic E-state index is -0.410. The summed E-state index contributed by atoms with van der Waals surface area (Å²) in [5.41, 5.74) is 0.562. The van der Waals surface area contributed by atoms with E-state index >= 15 is 0 Å². The number of hydrogen-bond donors (Lipinski definition) is 2. The van der Waals surface area contributed by atoms with E-state index in [1.54, 1.807) is 7.05 Å². The van der Waals surface area contributed by atoms with E-state index < -0.39 is 6.03 Å². The molecule has 1 aromatic heterocycles. The molecule has 18 heavy (non-hydrogen) atoms. The molecule has 94 valence electrons. The molecule has 0 radical (unpaired) electrons. The molecular formula is C11H10ClFN4O. The van der Waals surface area contributed by atoms with Crippen molar-refractivity contribution in [2.24, 2.45) is 0 Å². The van der Waals surface area contributed by atoms with Crippen LogP contribution in [0.25, 0.3) is 0 Å². The third-order valence-electron chi connectivity index (χ3n) is 2.29. The van der Waals surface area contributed by atoms with Gasteiger partial charge in [0.15, 0.2) is 0 Å². The van der Waals surface area contributed by atoms with Gasteiger partial charge in [-0.05, 0) is 24.3 Å². The fraction of sp³-hybridized carbons (Fsp3) is 0.0909. The van der Waals surface area contributed by atoms with Crippen LogP contribution in [0.2, 0.25) is 5.15 Å². The van der Waals surface area contributed by atoms with Crippen molar-refractivity contribution < 1.29 is 9.18 Å². The zero-order valence-electron chi connectivity index (χ0n) is 9.45. The van der Waals surface area contributed by atoms with Crippen LogP contribution in [0, 0.1) is 5.82 Å². The Morgan fingerprint density at radius 2 is 2.11 bits per heavy atom. The summed E-state index contributed by atoms with van der Waals surface area (Å²) in [7, 11) is 1.56. The highest BCUT2D eigenvalue weighted by Crippen LogP contribution is 2.14. The van der Waals surface area contributed by atoms with Crippen molar-refractivity contribution in [1.82, 2.24) is 9.97 Å². The van der Waals surface area contributed by atoms with Crippen molar-refractivity contribution in [3.05, 3.63) is 41.4 Å². The molecule has 0 aliphatic rings. The molecule has 2 amide bonds. The number of amides is 2. The molecule has 0 saturated heterocycles. The number of hydrogen-bond acceptors (Lipinski definition) is 2. The molecule has 0 fully saturated rings. The number of nitrogens with one attached hydrogen (secondary N) is 2. The molecule has 1 aromatic carbocycles. The van der Waals surface area contributed by atoms with E-state index in [9.17, 15) is 9.18 Å².